The van der Waals surface area contributed by atoms with Gasteiger partial charge >= 0.3 is 0 Å². The van der Waals surface area contributed by atoms with Crippen LogP contribution in [0, 0.1) is 17.7 Å². The summed E-state index contributed by atoms with van der Waals surface area (Å²) in [6.45, 7) is 4.21. The molecule has 222 valence electrons. The molecule has 1 fully saturated rings. The van der Waals surface area contributed by atoms with Gasteiger partial charge in [0.1, 0.15) is 30.3 Å². The van der Waals surface area contributed by atoms with Gasteiger partial charge in [-0.1, -0.05) is 57.0 Å². The second kappa shape index (κ2) is 14.4. The minimum Gasteiger partial charge on any atom is -0.492 e. The summed E-state index contributed by atoms with van der Waals surface area (Å²) in [7, 11) is 0. The van der Waals surface area contributed by atoms with Crippen LogP contribution in [-0.4, -0.2) is 66.8 Å². The molecule has 0 unspecified atom stereocenters. The highest BCUT2D eigenvalue weighted by atomic mass is 19.1. The number of benzene rings is 2. The number of hydrogen-bond donors (Lipinski definition) is 5. The smallest absolute Gasteiger partial charge is 0.243 e. The van der Waals surface area contributed by atoms with E-state index >= 15 is 0 Å². The lowest BCUT2D eigenvalue weighted by Crippen LogP contribution is -2.58. The van der Waals surface area contributed by atoms with Crippen molar-refractivity contribution in [2.45, 2.75) is 70.2 Å². The third kappa shape index (κ3) is 9.26. The molecule has 0 spiro atoms. The first kappa shape index (κ1) is 30.5. The lowest BCUT2D eigenvalue weighted by Gasteiger charge is -2.28. The van der Waals surface area contributed by atoms with Crippen molar-refractivity contribution in [2.75, 3.05) is 19.7 Å². The molecule has 0 aromatic heterocycles. The number of fused-ring (bicyclic) bond motifs is 1. The van der Waals surface area contributed by atoms with Gasteiger partial charge in [0, 0.05) is 19.5 Å². The SMILES string of the molecule is CC(C)[C@H]1NC(=O)[C@@H](Cc2cccc(F)c2)NCCOc2ccccc2C[C@H](O)CNC(=O)[C@H](CC2CC2)NC1=O. The molecule has 0 saturated heterocycles. The molecule has 4 atom stereocenters. The molecule has 1 saturated carbocycles. The monoisotopic (exact) mass is 568 g/mol. The molecule has 4 rings (SSSR count). The number of aliphatic hydroxyl groups excluding tert-OH is 1. The predicted molar refractivity (Wildman–Crippen MR) is 153 cm³/mol. The number of carbonyl (C=O) groups excluding carboxylic acids is 3. The second-order valence-corrected chi connectivity index (χ2v) is 11.4. The van der Waals surface area contributed by atoms with E-state index in [2.05, 4.69) is 21.3 Å². The number of hydrogen-bond acceptors (Lipinski definition) is 6. The Morgan fingerprint density at radius 3 is 2.49 bits per heavy atom. The standard InChI is InChI=1S/C31H41FN4O5/c1-19(2)28-31(40)35-26(15-20-10-11-20)29(38)34-18-24(37)17-22-7-3-4-9-27(22)41-13-12-33-25(30(39)36-28)16-21-6-5-8-23(32)14-21/h3-9,14,19-20,24-26,28,33,37H,10-13,15-18H2,1-2H3,(H,34,38)(H,35,40)(H,36,39)/t24-,25+,26-,28+/m0/s1. The minimum absolute atomic E-state index is 0.0257. The van der Waals surface area contributed by atoms with Gasteiger partial charge in [-0.25, -0.2) is 4.39 Å². The number of aliphatic hydroxyl groups is 1. The molecule has 9 nitrogen and oxygen atoms in total. The molecule has 41 heavy (non-hydrogen) atoms. The highest BCUT2D eigenvalue weighted by Crippen LogP contribution is 2.33. The molecule has 3 amide bonds. The van der Waals surface area contributed by atoms with Crippen molar-refractivity contribution in [2.24, 2.45) is 11.8 Å². The van der Waals surface area contributed by atoms with Gasteiger partial charge in [-0.15, -0.1) is 0 Å². The van der Waals surface area contributed by atoms with Crippen LogP contribution in [0.5, 0.6) is 5.75 Å². The Morgan fingerprint density at radius 2 is 1.76 bits per heavy atom. The number of amides is 3. The lowest BCUT2D eigenvalue weighted by atomic mass is 10.00. The average molecular weight is 569 g/mol. The van der Waals surface area contributed by atoms with Crippen molar-refractivity contribution in [1.82, 2.24) is 21.3 Å². The number of β-amino-alcohol motifs (C(OH)–C–C–N with tert-alkyl or cyclic N) is 1. The van der Waals surface area contributed by atoms with Crippen LogP contribution < -0.4 is 26.0 Å². The van der Waals surface area contributed by atoms with E-state index in [0.29, 0.717) is 30.2 Å². The van der Waals surface area contributed by atoms with Gasteiger partial charge < -0.3 is 31.1 Å². The number of carbonyl (C=O) groups is 3. The van der Waals surface area contributed by atoms with Crippen molar-refractivity contribution in [1.29, 1.82) is 0 Å². The Hall–Kier alpha value is -3.50. The van der Waals surface area contributed by atoms with Crippen molar-refractivity contribution in [3.05, 3.63) is 65.5 Å². The Labute approximate surface area is 240 Å². The number of rotatable bonds is 5. The Bertz CT molecular complexity index is 1200. The van der Waals surface area contributed by atoms with E-state index in [-0.39, 0.29) is 37.8 Å². The lowest BCUT2D eigenvalue weighted by molar-refractivity contribution is -0.133. The fraction of sp³-hybridized carbons (Fsp3) is 0.516. The third-order valence-electron chi connectivity index (χ3n) is 7.48. The number of ether oxygens (including phenoxy) is 1. The highest BCUT2D eigenvalue weighted by molar-refractivity contribution is 5.93. The van der Waals surface area contributed by atoms with E-state index in [1.807, 2.05) is 38.1 Å². The fourth-order valence-electron chi connectivity index (χ4n) is 5.00. The molecule has 0 radical (unpaired) electrons. The van der Waals surface area contributed by atoms with Gasteiger partial charge in [0.05, 0.1) is 12.1 Å². The zero-order valence-electron chi connectivity index (χ0n) is 23.7. The first-order valence-electron chi connectivity index (χ1n) is 14.4. The number of para-hydroxylation sites is 1. The maximum Gasteiger partial charge on any atom is 0.243 e. The van der Waals surface area contributed by atoms with E-state index in [9.17, 15) is 23.9 Å². The number of halogens is 1. The molecule has 5 N–H and O–H groups in total. The maximum atomic E-state index is 13.9. The molecular formula is C31H41FN4O5. The minimum atomic E-state index is -0.888. The maximum absolute atomic E-state index is 13.9. The molecular weight excluding hydrogens is 527 g/mol. The van der Waals surface area contributed by atoms with Crippen LogP contribution >= 0.6 is 0 Å². The van der Waals surface area contributed by atoms with Crippen LogP contribution in [0.15, 0.2) is 48.5 Å². The summed E-state index contributed by atoms with van der Waals surface area (Å²) < 4.78 is 19.9. The summed E-state index contributed by atoms with van der Waals surface area (Å²) in [5, 5.41) is 22.4. The van der Waals surface area contributed by atoms with Crippen LogP contribution in [0.25, 0.3) is 0 Å². The topological polar surface area (TPSA) is 129 Å². The summed E-state index contributed by atoms with van der Waals surface area (Å²) in [4.78, 5) is 40.1. The molecule has 0 bridgehead atoms. The van der Waals surface area contributed by atoms with Gasteiger partial charge in [-0.05, 0) is 54.0 Å². The fourth-order valence-corrected chi connectivity index (χ4v) is 5.00. The van der Waals surface area contributed by atoms with Gasteiger partial charge in [0.25, 0.3) is 0 Å². The van der Waals surface area contributed by atoms with Crippen molar-refractivity contribution >= 4 is 17.7 Å². The van der Waals surface area contributed by atoms with E-state index in [4.69, 9.17) is 4.74 Å². The van der Waals surface area contributed by atoms with Gasteiger partial charge in [-0.3, -0.25) is 14.4 Å². The van der Waals surface area contributed by atoms with Crippen LogP contribution in [0.2, 0.25) is 0 Å². The average Bonchev–Trinajstić information content (AvgIpc) is 3.76. The van der Waals surface area contributed by atoms with E-state index in [1.165, 1.54) is 12.1 Å². The van der Waals surface area contributed by atoms with E-state index in [0.717, 1.165) is 18.4 Å². The summed E-state index contributed by atoms with van der Waals surface area (Å²) >= 11 is 0. The van der Waals surface area contributed by atoms with E-state index in [1.54, 1.807) is 12.1 Å². The summed E-state index contributed by atoms with van der Waals surface area (Å²) in [5.74, 6) is -0.922. The highest BCUT2D eigenvalue weighted by Gasteiger charge is 2.34. The zero-order chi connectivity index (χ0) is 29.4. The molecule has 2 aromatic carbocycles. The van der Waals surface area contributed by atoms with Crippen LogP contribution in [0.4, 0.5) is 4.39 Å². The normalized spacial score (nSPS) is 25.1. The molecule has 2 aliphatic rings. The zero-order valence-corrected chi connectivity index (χ0v) is 23.7. The van der Waals surface area contributed by atoms with Crippen molar-refractivity contribution in [3.8, 4) is 5.75 Å². The summed E-state index contributed by atoms with van der Waals surface area (Å²) in [6, 6.07) is 11.0. The van der Waals surface area contributed by atoms with Crippen LogP contribution in [-0.2, 0) is 27.2 Å². The largest absolute Gasteiger partial charge is 0.492 e. The Kier molecular flexibility index (Phi) is 10.7. The molecule has 1 heterocycles. The Morgan fingerprint density at radius 1 is 0.976 bits per heavy atom. The number of nitrogens with one attached hydrogen (secondary N) is 4. The van der Waals surface area contributed by atoms with Crippen molar-refractivity contribution in [3.63, 3.8) is 0 Å². The van der Waals surface area contributed by atoms with Gasteiger partial charge in [-0.2, -0.15) is 0 Å². The molecule has 1 aliphatic carbocycles. The summed E-state index contributed by atoms with van der Waals surface area (Å²) in [6.07, 6.45) is 2.10. The molecule has 10 heteroatoms. The Balaban J connectivity index is 1.58. The van der Waals surface area contributed by atoms with Crippen molar-refractivity contribution < 1.29 is 28.6 Å². The van der Waals surface area contributed by atoms with Gasteiger partial charge in [0.2, 0.25) is 17.7 Å². The molecule has 2 aromatic rings. The van der Waals surface area contributed by atoms with Crippen LogP contribution in [0.3, 0.4) is 0 Å². The first-order chi connectivity index (χ1) is 19.7. The first-order valence-corrected chi connectivity index (χ1v) is 14.4. The quantitative estimate of drug-likeness (QED) is 0.375. The second-order valence-electron chi connectivity index (χ2n) is 11.4. The van der Waals surface area contributed by atoms with E-state index < -0.39 is 41.9 Å². The predicted octanol–water partition coefficient (Wildman–Crippen LogP) is 1.86. The summed E-state index contributed by atoms with van der Waals surface area (Å²) in [5.41, 5.74) is 1.42. The third-order valence-corrected chi connectivity index (χ3v) is 7.48. The molecule has 1 aliphatic heterocycles. The van der Waals surface area contributed by atoms with Crippen LogP contribution in [0.1, 0.15) is 44.2 Å². The van der Waals surface area contributed by atoms with Gasteiger partial charge in [0.15, 0.2) is 0 Å².